The summed E-state index contributed by atoms with van der Waals surface area (Å²) in [6.07, 6.45) is 2.29. The predicted octanol–water partition coefficient (Wildman–Crippen LogP) is 2.28. The highest BCUT2D eigenvalue weighted by Crippen LogP contribution is 2.36. The summed E-state index contributed by atoms with van der Waals surface area (Å²) in [5, 5.41) is 21.5. The molecule has 1 heterocycles. The Morgan fingerprint density at radius 2 is 2.00 bits per heavy atom. The maximum atomic E-state index is 11.2. The van der Waals surface area contributed by atoms with E-state index in [1.807, 2.05) is 0 Å². The Balaban J connectivity index is 2.38. The highest BCUT2D eigenvalue weighted by atomic mass is 16.6. The second-order valence-electron chi connectivity index (χ2n) is 4.60. The van der Waals surface area contributed by atoms with E-state index in [0.29, 0.717) is 16.9 Å². The molecule has 7 nitrogen and oxygen atoms in total. The SMILES string of the molecule is COc1cc(C[C@H](O)c2cccnc2)c([N+](=O)[O-])cc1OC. The monoisotopic (exact) mass is 304 g/mol. The molecule has 1 aromatic heterocycles. The number of ether oxygens (including phenoxy) is 2. The van der Waals surface area contributed by atoms with Gasteiger partial charge in [-0.3, -0.25) is 15.1 Å². The second-order valence-corrected chi connectivity index (χ2v) is 4.60. The lowest BCUT2D eigenvalue weighted by molar-refractivity contribution is -0.385. The Morgan fingerprint density at radius 3 is 2.55 bits per heavy atom. The van der Waals surface area contributed by atoms with Crippen molar-refractivity contribution in [1.29, 1.82) is 0 Å². The van der Waals surface area contributed by atoms with Crippen LogP contribution in [0.4, 0.5) is 5.69 Å². The van der Waals surface area contributed by atoms with Gasteiger partial charge in [-0.25, -0.2) is 0 Å². The van der Waals surface area contributed by atoms with Crippen molar-refractivity contribution in [3.63, 3.8) is 0 Å². The summed E-state index contributed by atoms with van der Waals surface area (Å²) in [5.41, 5.74) is 0.825. The lowest BCUT2D eigenvalue weighted by Gasteiger charge is -2.13. The molecule has 0 amide bonds. The Hall–Kier alpha value is -2.67. The molecule has 1 aromatic carbocycles. The zero-order chi connectivity index (χ0) is 16.1. The van der Waals surface area contributed by atoms with E-state index >= 15 is 0 Å². The molecule has 2 rings (SSSR count). The van der Waals surface area contributed by atoms with Gasteiger partial charge in [0.1, 0.15) is 0 Å². The Morgan fingerprint density at radius 1 is 1.32 bits per heavy atom. The Labute approximate surface area is 127 Å². The number of rotatable bonds is 6. The quantitative estimate of drug-likeness (QED) is 0.650. The average molecular weight is 304 g/mol. The first-order chi connectivity index (χ1) is 10.6. The van der Waals surface area contributed by atoms with Crippen molar-refractivity contribution >= 4 is 5.69 Å². The van der Waals surface area contributed by atoms with Crippen molar-refractivity contribution in [1.82, 2.24) is 4.98 Å². The number of nitro groups is 1. The van der Waals surface area contributed by atoms with Gasteiger partial charge in [0.25, 0.3) is 5.69 Å². The van der Waals surface area contributed by atoms with Gasteiger partial charge in [-0.1, -0.05) is 6.07 Å². The van der Waals surface area contributed by atoms with Gasteiger partial charge in [0.15, 0.2) is 11.5 Å². The van der Waals surface area contributed by atoms with Crippen molar-refractivity contribution < 1.29 is 19.5 Å². The molecule has 0 unspecified atom stereocenters. The molecule has 0 fully saturated rings. The molecule has 1 N–H and O–H groups in total. The standard InChI is InChI=1S/C15H16N2O5/c1-21-14-7-11(12(17(19)20)8-15(14)22-2)6-13(18)10-4-3-5-16-9-10/h3-5,7-9,13,18H,6H2,1-2H3/t13-/m0/s1. The molecule has 0 spiro atoms. The maximum absolute atomic E-state index is 11.2. The van der Waals surface area contributed by atoms with Gasteiger partial charge < -0.3 is 14.6 Å². The molecule has 7 heteroatoms. The van der Waals surface area contributed by atoms with Crippen molar-refractivity contribution in [2.45, 2.75) is 12.5 Å². The lowest BCUT2D eigenvalue weighted by atomic mass is 10.0. The van der Waals surface area contributed by atoms with E-state index in [-0.39, 0.29) is 17.9 Å². The average Bonchev–Trinajstić information content (AvgIpc) is 2.54. The van der Waals surface area contributed by atoms with Gasteiger partial charge in [-0.05, 0) is 17.7 Å². The van der Waals surface area contributed by atoms with E-state index in [1.54, 1.807) is 18.3 Å². The first-order valence-electron chi connectivity index (χ1n) is 6.54. The van der Waals surface area contributed by atoms with Crippen LogP contribution >= 0.6 is 0 Å². The zero-order valence-electron chi connectivity index (χ0n) is 12.2. The summed E-state index contributed by atoms with van der Waals surface area (Å²) in [7, 11) is 2.86. The molecule has 0 aliphatic heterocycles. The third kappa shape index (κ3) is 3.32. The molecule has 116 valence electrons. The van der Waals surface area contributed by atoms with Crippen LogP contribution in [0.2, 0.25) is 0 Å². The van der Waals surface area contributed by atoms with Gasteiger partial charge in [0.2, 0.25) is 0 Å². The second kappa shape index (κ2) is 6.86. The highest BCUT2D eigenvalue weighted by Gasteiger charge is 2.22. The molecule has 0 aliphatic rings. The number of nitro benzene ring substituents is 1. The minimum Gasteiger partial charge on any atom is -0.493 e. The van der Waals surface area contributed by atoms with E-state index in [9.17, 15) is 15.2 Å². The maximum Gasteiger partial charge on any atom is 0.276 e. The van der Waals surface area contributed by atoms with Gasteiger partial charge in [0, 0.05) is 24.4 Å². The number of hydrogen-bond donors (Lipinski definition) is 1. The molecule has 0 bridgehead atoms. The summed E-state index contributed by atoms with van der Waals surface area (Å²) >= 11 is 0. The number of methoxy groups -OCH3 is 2. The highest BCUT2D eigenvalue weighted by molar-refractivity contribution is 5.54. The number of aliphatic hydroxyl groups is 1. The number of pyridine rings is 1. The van der Waals surface area contributed by atoms with Crippen LogP contribution in [0.25, 0.3) is 0 Å². The Bertz CT molecular complexity index is 660. The van der Waals surface area contributed by atoms with Crippen molar-refractivity contribution in [2.24, 2.45) is 0 Å². The molecule has 0 aliphatic carbocycles. The fourth-order valence-corrected chi connectivity index (χ4v) is 2.14. The molecule has 2 aromatic rings. The summed E-state index contributed by atoms with van der Waals surface area (Å²) < 4.78 is 10.2. The zero-order valence-corrected chi connectivity index (χ0v) is 12.2. The van der Waals surface area contributed by atoms with E-state index in [2.05, 4.69) is 4.98 Å². The third-order valence-corrected chi connectivity index (χ3v) is 3.26. The van der Waals surface area contributed by atoms with Crippen molar-refractivity contribution in [3.8, 4) is 11.5 Å². The van der Waals surface area contributed by atoms with Crippen LogP contribution in [0.5, 0.6) is 11.5 Å². The van der Waals surface area contributed by atoms with Gasteiger partial charge in [-0.15, -0.1) is 0 Å². The third-order valence-electron chi connectivity index (χ3n) is 3.26. The molecule has 22 heavy (non-hydrogen) atoms. The normalized spacial score (nSPS) is 11.8. The van der Waals surface area contributed by atoms with E-state index in [4.69, 9.17) is 9.47 Å². The fourth-order valence-electron chi connectivity index (χ4n) is 2.14. The molecular weight excluding hydrogens is 288 g/mol. The van der Waals surface area contributed by atoms with E-state index < -0.39 is 11.0 Å². The first-order valence-corrected chi connectivity index (χ1v) is 6.54. The van der Waals surface area contributed by atoms with E-state index in [0.717, 1.165) is 0 Å². The predicted molar refractivity (Wildman–Crippen MR) is 79.1 cm³/mol. The summed E-state index contributed by atoms with van der Waals surface area (Å²) in [5.74, 6) is 0.648. The van der Waals surface area contributed by atoms with E-state index in [1.165, 1.54) is 32.5 Å². The van der Waals surface area contributed by atoms with Crippen LogP contribution in [0, 0.1) is 10.1 Å². The molecule has 0 saturated carbocycles. The first kappa shape index (κ1) is 15.7. The number of aliphatic hydroxyl groups excluding tert-OH is 1. The van der Waals surface area contributed by atoms with Gasteiger partial charge in [-0.2, -0.15) is 0 Å². The van der Waals surface area contributed by atoms with Crippen molar-refractivity contribution in [2.75, 3.05) is 14.2 Å². The fraction of sp³-hybridized carbons (Fsp3) is 0.267. The van der Waals surface area contributed by atoms with Crippen LogP contribution in [0.15, 0.2) is 36.7 Å². The molecule has 1 atom stereocenters. The van der Waals surface area contributed by atoms with Gasteiger partial charge >= 0.3 is 0 Å². The van der Waals surface area contributed by atoms with Crippen LogP contribution in [0.3, 0.4) is 0 Å². The van der Waals surface area contributed by atoms with Gasteiger partial charge in [0.05, 0.1) is 31.3 Å². The number of hydrogen-bond acceptors (Lipinski definition) is 6. The molecular formula is C15H16N2O5. The largest absolute Gasteiger partial charge is 0.493 e. The topological polar surface area (TPSA) is 94.7 Å². The molecule has 0 saturated heterocycles. The van der Waals surface area contributed by atoms with Crippen LogP contribution in [0.1, 0.15) is 17.2 Å². The van der Waals surface area contributed by atoms with Crippen LogP contribution < -0.4 is 9.47 Å². The minimum atomic E-state index is -0.898. The van der Waals surface area contributed by atoms with Crippen LogP contribution in [-0.2, 0) is 6.42 Å². The summed E-state index contributed by atoms with van der Waals surface area (Å²) in [6.45, 7) is 0. The summed E-state index contributed by atoms with van der Waals surface area (Å²) in [4.78, 5) is 14.6. The van der Waals surface area contributed by atoms with Crippen LogP contribution in [-0.4, -0.2) is 29.2 Å². The molecule has 0 radical (unpaired) electrons. The summed E-state index contributed by atoms with van der Waals surface area (Å²) in [6, 6.07) is 6.21. The minimum absolute atomic E-state index is 0.0718. The van der Waals surface area contributed by atoms with Crippen molar-refractivity contribution in [3.05, 3.63) is 57.9 Å². The lowest BCUT2D eigenvalue weighted by Crippen LogP contribution is -2.06. The Kier molecular flexibility index (Phi) is 4.90. The smallest absolute Gasteiger partial charge is 0.276 e. The number of nitrogens with zero attached hydrogens (tertiary/aromatic N) is 2. The number of benzene rings is 1. The number of aromatic nitrogens is 1.